The van der Waals surface area contributed by atoms with Crippen LogP contribution in [0.3, 0.4) is 0 Å². The van der Waals surface area contributed by atoms with E-state index in [1.165, 1.54) is 11.3 Å². The number of carboxylic acid groups (broad SMARTS) is 1. The van der Waals surface area contributed by atoms with Crippen molar-refractivity contribution in [3.63, 3.8) is 0 Å². The summed E-state index contributed by atoms with van der Waals surface area (Å²) >= 11 is 1.19. The Kier molecular flexibility index (Phi) is 3.52. The molecule has 1 aromatic heterocycles. The van der Waals surface area contributed by atoms with Gasteiger partial charge in [-0.3, -0.25) is 5.32 Å². The zero-order chi connectivity index (χ0) is 15.7. The number of rotatable bonds is 3. The number of thiophene rings is 1. The van der Waals surface area contributed by atoms with Gasteiger partial charge in [-0.2, -0.15) is 0 Å². The molecule has 5 nitrogen and oxygen atoms in total. The molecule has 0 radical (unpaired) electrons. The number of fused-ring (bicyclic) bond motifs is 1. The topological polar surface area (TPSA) is 92.4 Å². The van der Waals surface area contributed by atoms with E-state index in [0.717, 1.165) is 21.2 Å². The van der Waals surface area contributed by atoms with E-state index in [1.807, 2.05) is 42.5 Å². The molecule has 110 valence electrons. The number of carbonyl (C=O) groups excluding carboxylic acids is 1. The predicted molar refractivity (Wildman–Crippen MR) is 87.4 cm³/mol. The highest BCUT2D eigenvalue weighted by Gasteiger charge is 2.17. The fourth-order valence-corrected chi connectivity index (χ4v) is 3.29. The van der Waals surface area contributed by atoms with E-state index in [4.69, 9.17) is 5.73 Å². The second-order valence-corrected chi connectivity index (χ2v) is 5.76. The van der Waals surface area contributed by atoms with Gasteiger partial charge in [0.25, 0.3) is 0 Å². The Bertz CT molecular complexity index is 886. The average molecular weight is 312 g/mol. The van der Waals surface area contributed by atoms with E-state index in [9.17, 15) is 14.7 Å². The van der Waals surface area contributed by atoms with E-state index in [2.05, 4.69) is 5.32 Å². The van der Waals surface area contributed by atoms with Crippen LogP contribution in [-0.4, -0.2) is 17.1 Å². The molecule has 0 aliphatic heterocycles. The molecule has 4 N–H and O–H groups in total. The summed E-state index contributed by atoms with van der Waals surface area (Å²) in [6.07, 6.45) is 0. The molecule has 0 saturated heterocycles. The van der Waals surface area contributed by atoms with Crippen molar-refractivity contribution in [3.8, 4) is 10.4 Å². The number of hydrogen-bond donors (Lipinski definition) is 3. The first kappa shape index (κ1) is 14.1. The minimum atomic E-state index is -1.10. The second-order valence-electron chi connectivity index (χ2n) is 4.71. The highest BCUT2D eigenvalue weighted by molar-refractivity contribution is 7.20. The molecule has 0 saturated carbocycles. The first-order valence-electron chi connectivity index (χ1n) is 6.47. The van der Waals surface area contributed by atoms with Crippen LogP contribution in [0.25, 0.3) is 21.2 Å². The van der Waals surface area contributed by atoms with Crippen molar-refractivity contribution in [1.29, 1.82) is 0 Å². The first-order chi connectivity index (χ1) is 10.5. The maximum absolute atomic E-state index is 11.3. The summed E-state index contributed by atoms with van der Waals surface area (Å²) in [5.74, 6) is -1.10. The molecule has 0 unspecified atom stereocenters. The van der Waals surface area contributed by atoms with Gasteiger partial charge in [-0.1, -0.05) is 36.4 Å². The number of carbonyl (C=O) groups is 2. The van der Waals surface area contributed by atoms with Gasteiger partial charge in [0.15, 0.2) is 0 Å². The smallest absolute Gasteiger partial charge is 0.338 e. The molecule has 0 bridgehead atoms. The number of hydrogen-bond acceptors (Lipinski definition) is 3. The number of urea groups is 1. The summed E-state index contributed by atoms with van der Waals surface area (Å²) in [6, 6.07) is 14.6. The molecule has 0 aliphatic rings. The third-order valence-electron chi connectivity index (χ3n) is 3.23. The average Bonchev–Trinajstić information content (AvgIpc) is 2.90. The van der Waals surface area contributed by atoms with Gasteiger partial charge in [0.05, 0.1) is 5.56 Å². The molecule has 2 amide bonds. The van der Waals surface area contributed by atoms with Gasteiger partial charge in [-0.15, -0.1) is 11.3 Å². The van der Waals surface area contributed by atoms with E-state index in [1.54, 1.807) is 6.07 Å². The van der Waals surface area contributed by atoms with E-state index in [-0.39, 0.29) is 10.6 Å². The Balaban J connectivity index is 2.09. The molecule has 0 atom stereocenters. The standard InChI is InChI=1S/C16H12N2O3S/c17-16(21)18-14-12(15(19)20)8-13(22-14)11-6-5-9-3-1-2-4-10(9)7-11/h1-8H,(H,19,20)(H3,17,18,21). The number of nitrogens with two attached hydrogens (primary N) is 1. The van der Waals surface area contributed by atoms with Crippen molar-refractivity contribution in [2.45, 2.75) is 0 Å². The molecule has 3 rings (SSSR count). The van der Waals surface area contributed by atoms with Gasteiger partial charge >= 0.3 is 12.0 Å². The lowest BCUT2D eigenvalue weighted by atomic mass is 10.1. The van der Waals surface area contributed by atoms with E-state index in [0.29, 0.717) is 0 Å². The predicted octanol–water partition coefficient (Wildman–Crippen LogP) is 3.76. The lowest BCUT2D eigenvalue weighted by molar-refractivity contribution is 0.0698. The summed E-state index contributed by atoms with van der Waals surface area (Å²) in [5.41, 5.74) is 6.01. The van der Waals surface area contributed by atoms with Gasteiger partial charge in [0, 0.05) is 4.88 Å². The molecule has 6 heteroatoms. The minimum absolute atomic E-state index is 0.0342. The SMILES string of the molecule is NC(=O)Nc1sc(-c2ccc3ccccc3c2)cc1C(=O)O. The van der Waals surface area contributed by atoms with Crippen molar-refractivity contribution in [2.24, 2.45) is 5.73 Å². The molecule has 22 heavy (non-hydrogen) atoms. The Hall–Kier alpha value is -2.86. The Morgan fingerprint density at radius 3 is 2.45 bits per heavy atom. The van der Waals surface area contributed by atoms with Crippen LogP contribution in [0.1, 0.15) is 10.4 Å². The maximum atomic E-state index is 11.3. The number of benzene rings is 2. The number of nitrogens with one attached hydrogen (secondary N) is 1. The molecular formula is C16H12N2O3S. The van der Waals surface area contributed by atoms with E-state index >= 15 is 0 Å². The van der Waals surface area contributed by atoms with Crippen LogP contribution in [-0.2, 0) is 0 Å². The molecule has 2 aromatic carbocycles. The van der Waals surface area contributed by atoms with Gasteiger partial charge < -0.3 is 10.8 Å². The van der Waals surface area contributed by atoms with Crippen molar-refractivity contribution >= 4 is 39.1 Å². The number of aromatic carboxylic acids is 1. The Morgan fingerprint density at radius 1 is 1.05 bits per heavy atom. The summed E-state index contributed by atoms with van der Waals surface area (Å²) in [7, 11) is 0. The largest absolute Gasteiger partial charge is 0.478 e. The van der Waals surface area contributed by atoms with Crippen LogP contribution in [0.5, 0.6) is 0 Å². The van der Waals surface area contributed by atoms with Gasteiger partial charge in [-0.05, 0) is 28.5 Å². The highest BCUT2D eigenvalue weighted by atomic mass is 32.1. The van der Waals surface area contributed by atoms with Crippen LogP contribution in [0.2, 0.25) is 0 Å². The van der Waals surface area contributed by atoms with Crippen molar-refractivity contribution in [3.05, 3.63) is 54.1 Å². The molecule has 0 spiro atoms. The van der Waals surface area contributed by atoms with Gasteiger partial charge in [0.2, 0.25) is 0 Å². The number of anilines is 1. The lowest BCUT2D eigenvalue weighted by Gasteiger charge is -2.01. The van der Waals surface area contributed by atoms with Crippen molar-refractivity contribution in [2.75, 3.05) is 5.32 Å². The van der Waals surface area contributed by atoms with Gasteiger partial charge in [-0.25, -0.2) is 9.59 Å². The molecular weight excluding hydrogens is 300 g/mol. The van der Waals surface area contributed by atoms with Crippen LogP contribution >= 0.6 is 11.3 Å². The summed E-state index contributed by atoms with van der Waals surface area (Å²) in [4.78, 5) is 23.0. The Morgan fingerprint density at radius 2 is 1.77 bits per heavy atom. The second kappa shape index (κ2) is 5.50. The Labute approximate surface area is 130 Å². The zero-order valence-electron chi connectivity index (χ0n) is 11.4. The summed E-state index contributed by atoms with van der Waals surface area (Å²) in [5, 5.41) is 14.0. The number of primary amides is 1. The summed E-state index contributed by atoms with van der Waals surface area (Å²) in [6.45, 7) is 0. The van der Waals surface area contributed by atoms with Crippen molar-refractivity contribution in [1.82, 2.24) is 0 Å². The highest BCUT2D eigenvalue weighted by Crippen LogP contribution is 2.36. The maximum Gasteiger partial charge on any atom is 0.338 e. The monoisotopic (exact) mass is 312 g/mol. The molecule has 3 aromatic rings. The third-order valence-corrected chi connectivity index (χ3v) is 4.33. The molecule has 0 fully saturated rings. The quantitative estimate of drug-likeness (QED) is 0.687. The van der Waals surface area contributed by atoms with Crippen LogP contribution in [0, 0.1) is 0 Å². The molecule has 1 heterocycles. The summed E-state index contributed by atoms with van der Waals surface area (Å²) < 4.78 is 0. The fourth-order valence-electron chi connectivity index (χ4n) is 2.24. The zero-order valence-corrected chi connectivity index (χ0v) is 12.2. The number of carboxylic acids is 1. The van der Waals surface area contributed by atoms with Crippen LogP contribution < -0.4 is 11.1 Å². The number of amides is 2. The minimum Gasteiger partial charge on any atom is -0.478 e. The van der Waals surface area contributed by atoms with Crippen LogP contribution in [0.4, 0.5) is 9.80 Å². The lowest BCUT2D eigenvalue weighted by Crippen LogP contribution is -2.19. The van der Waals surface area contributed by atoms with Gasteiger partial charge in [0.1, 0.15) is 5.00 Å². The van der Waals surface area contributed by atoms with Crippen molar-refractivity contribution < 1.29 is 14.7 Å². The fraction of sp³-hybridized carbons (Fsp3) is 0. The first-order valence-corrected chi connectivity index (χ1v) is 7.29. The van der Waals surface area contributed by atoms with E-state index < -0.39 is 12.0 Å². The third kappa shape index (κ3) is 2.64. The normalized spacial score (nSPS) is 10.5. The van der Waals surface area contributed by atoms with Crippen LogP contribution in [0.15, 0.2) is 48.5 Å². The molecule has 0 aliphatic carbocycles.